The first kappa shape index (κ1) is 15.4. The maximum absolute atomic E-state index is 12.2. The maximum Gasteiger partial charge on any atom is 0.251 e. The third-order valence-electron chi connectivity index (χ3n) is 4.38. The smallest absolute Gasteiger partial charge is 0.251 e. The molecule has 2 aliphatic rings. The van der Waals surface area contributed by atoms with Crippen molar-refractivity contribution >= 4 is 17.2 Å². The number of benzene rings is 1. The molecule has 1 aliphatic carbocycles. The molecule has 1 N–H and O–H groups in total. The van der Waals surface area contributed by atoms with Gasteiger partial charge in [0.15, 0.2) is 11.5 Å². The number of ether oxygens (including phenoxy) is 2. The second kappa shape index (κ2) is 6.81. The number of hydrogen-bond acceptors (Lipinski definition) is 5. The van der Waals surface area contributed by atoms with Crippen molar-refractivity contribution in [3.63, 3.8) is 0 Å². The highest BCUT2D eigenvalue weighted by Crippen LogP contribution is 2.32. The van der Waals surface area contributed by atoms with Crippen molar-refractivity contribution in [2.24, 2.45) is 0 Å². The first-order chi connectivity index (χ1) is 11.8. The molecule has 6 heteroatoms. The second-order valence-corrected chi connectivity index (χ2v) is 7.28. The van der Waals surface area contributed by atoms with Crippen molar-refractivity contribution in [2.45, 2.75) is 38.5 Å². The molecule has 24 heavy (non-hydrogen) atoms. The minimum Gasteiger partial charge on any atom is -0.454 e. The average molecular weight is 344 g/mol. The number of hydrogen-bond donors (Lipinski definition) is 1. The van der Waals surface area contributed by atoms with Gasteiger partial charge in [-0.25, -0.2) is 4.98 Å². The van der Waals surface area contributed by atoms with Crippen LogP contribution < -0.4 is 14.8 Å². The Kier molecular flexibility index (Phi) is 4.38. The van der Waals surface area contributed by atoms with Gasteiger partial charge in [0, 0.05) is 23.4 Å². The summed E-state index contributed by atoms with van der Waals surface area (Å²) >= 11 is 1.85. The summed E-state index contributed by atoms with van der Waals surface area (Å²) in [6.45, 7) is 0.871. The average Bonchev–Trinajstić information content (AvgIpc) is 3.23. The van der Waals surface area contributed by atoms with Gasteiger partial charge in [0.05, 0.1) is 10.7 Å². The molecule has 0 fully saturated rings. The minimum atomic E-state index is -0.0771. The number of rotatable bonds is 5. The summed E-state index contributed by atoms with van der Waals surface area (Å²) in [5.74, 6) is 1.25. The van der Waals surface area contributed by atoms with Crippen LogP contribution in [-0.2, 0) is 19.3 Å². The molecule has 0 spiro atoms. The summed E-state index contributed by atoms with van der Waals surface area (Å²) in [7, 11) is 0. The predicted molar refractivity (Wildman–Crippen MR) is 92.0 cm³/mol. The molecule has 1 amide bonds. The van der Waals surface area contributed by atoms with E-state index >= 15 is 0 Å². The second-order valence-electron chi connectivity index (χ2n) is 6.11. The lowest BCUT2D eigenvalue weighted by Gasteiger charge is -2.06. The van der Waals surface area contributed by atoms with E-state index in [0.717, 1.165) is 19.3 Å². The van der Waals surface area contributed by atoms with Gasteiger partial charge in [0.25, 0.3) is 5.91 Å². The molecule has 0 radical (unpaired) electrons. The van der Waals surface area contributed by atoms with Gasteiger partial charge in [-0.1, -0.05) is 0 Å². The highest BCUT2D eigenvalue weighted by Gasteiger charge is 2.17. The first-order valence-corrected chi connectivity index (χ1v) is 9.26. The number of thiazole rings is 1. The van der Waals surface area contributed by atoms with E-state index < -0.39 is 0 Å². The van der Waals surface area contributed by atoms with Crippen molar-refractivity contribution in [2.75, 3.05) is 13.3 Å². The fourth-order valence-corrected chi connectivity index (χ4v) is 4.29. The molecule has 5 nitrogen and oxygen atoms in total. The minimum absolute atomic E-state index is 0.0771. The molecule has 0 saturated heterocycles. The monoisotopic (exact) mass is 344 g/mol. The van der Waals surface area contributed by atoms with Crippen LogP contribution in [0.15, 0.2) is 18.2 Å². The van der Waals surface area contributed by atoms with Crippen LogP contribution >= 0.6 is 11.3 Å². The Hall–Kier alpha value is -2.08. The van der Waals surface area contributed by atoms with Crippen molar-refractivity contribution in [3.8, 4) is 11.5 Å². The largest absolute Gasteiger partial charge is 0.454 e. The van der Waals surface area contributed by atoms with Gasteiger partial charge in [0.1, 0.15) is 0 Å². The molecule has 1 aromatic carbocycles. The van der Waals surface area contributed by atoms with Gasteiger partial charge >= 0.3 is 0 Å². The van der Waals surface area contributed by atoms with Gasteiger partial charge in [-0.2, -0.15) is 0 Å². The molecule has 126 valence electrons. The van der Waals surface area contributed by atoms with Crippen LogP contribution in [0, 0.1) is 0 Å². The van der Waals surface area contributed by atoms with E-state index in [1.54, 1.807) is 18.2 Å². The topological polar surface area (TPSA) is 60.5 Å². The van der Waals surface area contributed by atoms with Crippen molar-refractivity contribution in [1.82, 2.24) is 10.3 Å². The molecule has 0 saturated carbocycles. The molecule has 4 rings (SSSR count). The quantitative estimate of drug-likeness (QED) is 0.847. The van der Waals surface area contributed by atoms with Gasteiger partial charge in [0.2, 0.25) is 6.79 Å². The molecule has 0 bridgehead atoms. The lowest BCUT2D eigenvalue weighted by molar-refractivity contribution is 0.0952. The van der Waals surface area contributed by atoms with Gasteiger partial charge < -0.3 is 14.8 Å². The van der Waals surface area contributed by atoms with Crippen molar-refractivity contribution < 1.29 is 14.3 Å². The maximum atomic E-state index is 12.2. The van der Waals surface area contributed by atoms with E-state index in [-0.39, 0.29) is 12.7 Å². The number of aryl methyl sites for hydroxylation is 3. The first-order valence-electron chi connectivity index (χ1n) is 8.45. The fourth-order valence-electron chi connectivity index (χ4n) is 3.09. The van der Waals surface area contributed by atoms with Crippen LogP contribution in [0.5, 0.6) is 11.5 Å². The van der Waals surface area contributed by atoms with Crippen LogP contribution in [0.4, 0.5) is 0 Å². The Morgan fingerprint density at radius 2 is 2.08 bits per heavy atom. The number of amides is 1. The Bertz CT molecular complexity index is 733. The molecule has 0 atom stereocenters. The predicted octanol–water partition coefficient (Wildman–Crippen LogP) is 3.11. The highest BCUT2D eigenvalue weighted by atomic mass is 32.1. The van der Waals surface area contributed by atoms with Gasteiger partial charge in [-0.15, -0.1) is 11.3 Å². The van der Waals surface area contributed by atoms with E-state index in [9.17, 15) is 4.79 Å². The standard InChI is InChI=1S/C18H20N2O3S/c21-18(12-7-8-14-15(10-12)23-11-22-14)19-9-3-6-17-20-13-4-1-2-5-16(13)24-17/h7-8,10H,1-6,9,11H2,(H,19,21). The Morgan fingerprint density at radius 1 is 1.21 bits per heavy atom. The Balaban J connectivity index is 1.26. The van der Waals surface area contributed by atoms with Gasteiger partial charge in [-0.3, -0.25) is 4.79 Å². The van der Waals surface area contributed by atoms with Crippen LogP contribution in [0.3, 0.4) is 0 Å². The number of nitrogens with one attached hydrogen (secondary N) is 1. The zero-order chi connectivity index (χ0) is 16.4. The molecule has 2 heterocycles. The lowest BCUT2D eigenvalue weighted by atomic mass is 10.0. The van der Waals surface area contributed by atoms with E-state index in [1.807, 2.05) is 11.3 Å². The fraction of sp³-hybridized carbons (Fsp3) is 0.444. The summed E-state index contributed by atoms with van der Waals surface area (Å²) in [5.41, 5.74) is 1.91. The van der Waals surface area contributed by atoms with Crippen LogP contribution in [0.2, 0.25) is 0 Å². The SMILES string of the molecule is O=C(NCCCc1nc2c(s1)CCCC2)c1ccc2c(c1)OCO2. The number of aromatic nitrogens is 1. The number of carbonyl (C=O) groups is 1. The summed E-state index contributed by atoms with van der Waals surface area (Å²) in [6, 6.07) is 5.27. The molecule has 2 aromatic rings. The summed E-state index contributed by atoms with van der Waals surface area (Å²) < 4.78 is 10.6. The summed E-state index contributed by atoms with van der Waals surface area (Å²) in [4.78, 5) is 18.4. The van der Waals surface area contributed by atoms with Crippen LogP contribution in [0.25, 0.3) is 0 Å². The van der Waals surface area contributed by atoms with E-state index in [4.69, 9.17) is 14.5 Å². The van der Waals surface area contributed by atoms with E-state index in [0.29, 0.717) is 23.6 Å². The summed E-state index contributed by atoms with van der Waals surface area (Å²) in [6.07, 6.45) is 6.71. The van der Waals surface area contributed by atoms with Crippen molar-refractivity contribution in [1.29, 1.82) is 0 Å². The molecule has 1 aliphatic heterocycles. The Labute approximate surface area is 145 Å². The van der Waals surface area contributed by atoms with Crippen LogP contribution in [0.1, 0.15) is 45.2 Å². The number of carbonyl (C=O) groups excluding carboxylic acids is 1. The molecule has 1 aromatic heterocycles. The van der Waals surface area contributed by atoms with Gasteiger partial charge in [-0.05, 0) is 50.3 Å². The summed E-state index contributed by atoms with van der Waals surface area (Å²) in [5, 5.41) is 4.17. The van der Waals surface area contributed by atoms with Crippen LogP contribution in [-0.4, -0.2) is 24.2 Å². The number of fused-ring (bicyclic) bond motifs is 2. The Morgan fingerprint density at radius 3 is 3.00 bits per heavy atom. The molecular weight excluding hydrogens is 324 g/mol. The van der Waals surface area contributed by atoms with Crippen molar-refractivity contribution in [3.05, 3.63) is 39.3 Å². The zero-order valence-corrected chi connectivity index (χ0v) is 14.3. The third kappa shape index (κ3) is 3.24. The highest BCUT2D eigenvalue weighted by molar-refractivity contribution is 7.11. The van der Waals surface area contributed by atoms with E-state index in [1.165, 1.54) is 34.8 Å². The normalized spacial score (nSPS) is 15.2. The molecule has 0 unspecified atom stereocenters. The third-order valence-corrected chi connectivity index (χ3v) is 5.59. The zero-order valence-electron chi connectivity index (χ0n) is 13.5. The number of nitrogens with zero attached hydrogens (tertiary/aromatic N) is 1. The lowest BCUT2D eigenvalue weighted by Crippen LogP contribution is -2.24. The molecular formula is C18H20N2O3S. The van der Waals surface area contributed by atoms with E-state index in [2.05, 4.69) is 5.32 Å².